The van der Waals surface area contributed by atoms with Crippen molar-refractivity contribution in [3.8, 4) is 0 Å². The van der Waals surface area contributed by atoms with Crippen molar-refractivity contribution in [2.45, 2.75) is 40.3 Å². The summed E-state index contributed by atoms with van der Waals surface area (Å²) < 4.78 is 1.86. The summed E-state index contributed by atoms with van der Waals surface area (Å²) in [5.41, 5.74) is 6.43. The summed E-state index contributed by atoms with van der Waals surface area (Å²) >= 11 is 0. The van der Waals surface area contributed by atoms with Crippen LogP contribution < -0.4 is 14.8 Å². The van der Waals surface area contributed by atoms with Gasteiger partial charge < -0.3 is 5.32 Å². The Balaban J connectivity index is 1.84. The number of hydrogen-bond acceptors (Lipinski definition) is 2. The molecule has 0 fully saturated rings. The molecule has 2 aromatic carbocycles. The molecule has 1 aromatic heterocycles. The number of para-hydroxylation sites is 1. The Morgan fingerprint density at radius 1 is 0.933 bits per heavy atom. The maximum atomic E-state index is 13.6. The molecule has 1 atom stereocenters. The van der Waals surface area contributed by atoms with Crippen LogP contribution in [0.4, 0.5) is 11.4 Å². The van der Waals surface area contributed by atoms with Gasteiger partial charge in [-0.3, -0.25) is 14.5 Å². The maximum Gasteiger partial charge on any atom is 0.294 e. The third-order valence-corrected chi connectivity index (χ3v) is 5.90. The molecule has 2 heterocycles. The van der Waals surface area contributed by atoms with E-state index in [9.17, 15) is 9.59 Å². The molecule has 1 N–H and O–H groups in total. The molecule has 0 bridgehead atoms. The van der Waals surface area contributed by atoms with Crippen LogP contribution in [0, 0.1) is 27.7 Å². The zero-order chi connectivity index (χ0) is 21.4. The fourth-order valence-corrected chi connectivity index (χ4v) is 4.10. The van der Waals surface area contributed by atoms with Crippen molar-refractivity contribution in [3.05, 3.63) is 88.7 Å². The minimum Gasteiger partial charge on any atom is -0.323 e. The lowest BCUT2D eigenvalue weighted by molar-refractivity contribution is -0.695. The average molecular weight is 401 g/mol. The number of carbonyl (C=O) groups is 2. The lowest BCUT2D eigenvalue weighted by atomic mass is 10.0. The largest absolute Gasteiger partial charge is 0.323 e. The van der Waals surface area contributed by atoms with Gasteiger partial charge in [0.05, 0.1) is 0 Å². The van der Waals surface area contributed by atoms with E-state index in [-0.39, 0.29) is 18.4 Å². The van der Waals surface area contributed by atoms with Gasteiger partial charge in [0.25, 0.3) is 11.8 Å². The van der Waals surface area contributed by atoms with Crippen LogP contribution in [0.15, 0.2) is 60.8 Å². The van der Waals surface area contributed by atoms with Crippen molar-refractivity contribution in [1.82, 2.24) is 0 Å². The van der Waals surface area contributed by atoms with Gasteiger partial charge in [0.2, 0.25) is 18.3 Å². The molecule has 0 unspecified atom stereocenters. The van der Waals surface area contributed by atoms with Crippen LogP contribution in [-0.4, -0.2) is 11.8 Å². The molecule has 0 aliphatic carbocycles. The molecule has 1 aliphatic rings. The molecule has 1 aliphatic heterocycles. The number of fused-ring (bicyclic) bond motifs is 1. The second kappa shape index (κ2) is 7.75. The molecule has 0 spiro atoms. The minimum absolute atomic E-state index is 0.103. The number of benzene rings is 2. The van der Waals surface area contributed by atoms with Crippen molar-refractivity contribution < 1.29 is 14.2 Å². The number of pyridine rings is 1. The van der Waals surface area contributed by atoms with Crippen LogP contribution in [0.1, 0.15) is 34.0 Å². The Labute approximate surface area is 177 Å². The third kappa shape index (κ3) is 3.36. The fraction of sp³-hybridized carbons (Fsp3) is 0.240. The predicted molar refractivity (Wildman–Crippen MR) is 117 cm³/mol. The van der Waals surface area contributed by atoms with Crippen molar-refractivity contribution in [3.63, 3.8) is 0 Å². The predicted octanol–water partition coefficient (Wildman–Crippen LogP) is 3.93. The molecular weight excluding hydrogens is 374 g/mol. The highest BCUT2D eigenvalue weighted by molar-refractivity contribution is 6.06. The molecule has 30 heavy (non-hydrogen) atoms. The smallest absolute Gasteiger partial charge is 0.294 e. The molecule has 152 valence electrons. The number of aromatic nitrogens is 1. The quantitative estimate of drug-likeness (QED) is 0.677. The number of aryl methyl sites for hydroxylation is 3. The topological polar surface area (TPSA) is 53.3 Å². The lowest BCUT2D eigenvalue weighted by Gasteiger charge is -2.33. The van der Waals surface area contributed by atoms with E-state index < -0.39 is 6.04 Å². The molecule has 0 saturated carbocycles. The van der Waals surface area contributed by atoms with Gasteiger partial charge in [0, 0.05) is 23.5 Å². The summed E-state index contributed by atoms with van der Waals surface area (Å²) in [5.74, 6) is -0.324. The van der Waals surface area contributed by atoms with Crippen LogP contribution >= 0.6 is 0 Å². The number of amides is 2. The van der Waals surface area contributed by atoms with E-state index in [4.69, 9.17) is 0 Å². The maximum absolute atomic E-state index is 13.6. The fourth-order valence-electron chi connectivity index (χ4n) is 4.10. The number of rotatable bonds is 3. The van der Waals surface area contributed by atoms with Gasteiger partial charge in [0.15, 0.2) is 6.20 Å². The number of nitrogens with zero attached hydrogens (tertiary/aromatic N) is 2. The number of carbonyl (C=O) groups excluding carboxylic acids is 2. The van der Waals surface area contributed by atoms with Crippen LogP contribution in [0.5, 0.6) is 0 Å². The van der Waals surface area contributed by atoms with E-state index in [0.29, 0.717) is 0 Å². The van der Waals surface area contributed by atoms with Crippen molar-refractivity contribution >= 4 is 23.2 Å². The van der Waals surface area contributed by atoms with Crippen molar-refractivity contribution in [2.24, 2.45) is 0 Å². The molecule has 0 radical (unpaired) electrons. The SMILES string of the molecule is Cc1cccc(N2C(=O)C[n+]3ccccc3[C@H]2C(=O)Nc2c(C)cccc2C)c1C. The Morgan fingerprint density at radius 3 is 2.33 bits per heavy atom. The molecule has 5 heteroatoms. The number of nitrogens with one attached hydrogen (secondary N) is 1. The number of hydrogen-bond donors (Lipinski definition) is 1. The zero-order valence-corrected chi connectivity index (χ0v) is 17.8. The zero-order valence-electron chi connectivity index (χ0n) is 17.8. The average Bonchev–Trinajstić information content (AvgIpc) is 2.72. The highest BCUT2D eigenvalue weighted by Gasteiger charge is 2.44. The van der Waals surface area contributed by atoms with E-state index in [2.05, 4.69) is 5.32 Å². The van der Waals surface area contributed by atoms with Gasteiger partial charge in [-0.2, -0.15) is 4.57 Å². The second-order valence-corrected chi connectivity index (χ2v) is 7.89. The molecule has 4 rings (SSSR count). The van der Waals surface area contributed by atoms with Gasteiger partial charge in [-0.05, 0) is 56.0 Å². The lowest BCUT2D eigenvalue weighted by Crippen LogP contribution is -2.58. The summed E-state index contributed by atoms with van der Waals surface area (Å²) in [6, 6.07) is 16.7. The normalized spacial score (nSPS) is 15.7. The van der Waals surface area contributed by atoms with Gasteiger partial charge in [-0.25, -0.2) is 0 Å². The van der Waals surface area contributed by atoms with Crippen molar-refractivity contribution in [1.29, 1.82) is 0 Å². The molecule has 0 saturated heterocycles. The first kappa shape index (κ1) is 19.8. The molecule has 2 amide bonds. The first-order valence-electron chi connectivity index (χ1n) is 10.1. The first-order chi connectivity index (χ1) is 14.4. The van der Waals surface area contributed by atoms with Gasteiger partial charge in [-0.1, -0.05) is 36.4 Å². The highest BCUT2D eigenvalue weighted by atomic mass is 16.2. The monoisotopic (exact) mass is 400 g/mol. The molecule has 5 nitrogen and oxygen atoms in total. The van der Waals surface area contributed by atoms with Crippen LogP contribution in [0.2, 0.25) is 0 Å². The summed E-state index contributed by atoms with van der Waals surface area (Å²) in [6.07, 6.45) is 1.85. The van der Waals surface area contributed by atoms with Crippen molar-refractivity contribution in [2.75, 3.05) is 10.2 Å². The van der Waals surface area contributed by atoms with E-state index in [1.54, 1.807) is 4.90 Å². The van der Waals surface area contributed by atoms with E-state index in [0.717, 1.165) is 39.3 Å². The summed E-state index contributed by atoms with van der Waals surface area (Å²) in [7, 11) is 0. The van der Waals surface area contributed by atoms with Crippen LogP contribution in [0.25, 0.3) is 0 Å². The second-order valence-electron chi connectivity index (χ2n) is 7.89. The van der Waals surface area contributed by atoms with E-state index >= 15 is 0 Å². The highest BCUT2D eigenvalue weighted by Crippen LogP contribution is 2.33. The van der Waals surface area contributed by atoms with Gasteiger partial charge >= 0.3 is 0 Å². The van der Waals surface area contributed by atoms with Crippen LogP contribution in [0.3, 0.4) is 0 Å². The van der Waals surface area contributed by atoms with Gasteiger partial charge in [-0.15, -0.1) is 0 Å². The Kier molecular flexibility index (Phi) is 5.12. The summed E-state index contributed by atoms with van der Waals surface area (Å²) in [4.78, 5) is 28.5. The first-order valence-corrected chi connectivity index (χ1v) is 10.1. The van der Waals surface area contributed by atoms with Gasteiger partial charge in [0.1, 0.15) is 0 Å². The standard InChI is InChI=1S/C25H25N3O2/c1-16-9-8-13-20(19(16)4)28-22(29)15-27-14-6-5-12-21(27)24(28)25(30)26-23-17(2)10-7-11-18(23)3/h5-14,24H,15H2,1-4H3/p+1/t24-/m0/s1. The van der Waals surface area contributed by atoms with E-state index in [1.807, 2.05) is 93.1 Å². The van der Waals surface area contributed by atoms with E-state index in [1.165, 1.54) is 0 Å². The minimum atomic E-state index is -0.757. The van der Waals surface area contributed by atoms with Crippen LogP contribution in [-0.2, 0) is 16.1 Å². The third-order valence-electron chi connectivity index (χ3n) is 5.90. The molecule has 3 aromatic rings. The molecular formula is C25H26N3O2+. The Morgan fingerprint density at radius 2 is 1.60 bits per heavy atom. The summed E-state index contributed by atoms with van der Waals surface area (Å²) in [5, 5.41) is 3.10. The Bertz CT molecular complexity index is 1130. The number of anilines is 2. The Hall–Kier alpha value is -3.47. The summed E-state index contributed by atoms with van der Waals surface area (Å²) in [6.45, 7) is 8.16.